The van der Waals surface area contributed by atoms with Crippen molar-refractivity contribution in [1.29, 1.82) is 0 Å². The molecule has 1 unspecified atom stereocenters. The van der Waals surface area contributed by atoms with E-state index in [1.165, 1.54) is 37.9 Å². The molecule has 1 saturated heterocycles. The van der Waals surface area contributed by atoms with Crippen molar-refractivity contribution in [2.45, 2.75) is 58.7 Å². The number of aryl methyl sites for hydroxylation is 1. The van der Waals surface area contributed by atoms with E-state index in [2.05, 4.69) is 54.0 Å². The van der Waals surface area contributed by atoms with E-state index in [9.17, 15) is 0 Å². The Bertz CT molecular complexity index is 383. The highest BCUT2D eigenvalue weighted by Crippen LogP contribution is 2.18. The highest BCUT2D eigenvalue weighted by Gasteiger charge is 2.18. The molecule has 3 heteroatoms. The third-order valence-corrected chi connectivity index (χ3v) is 4.41. The average molecular weight is 277 g/mol. The molecular weight excluding hydrogens is 246 g/mol. The van der Waals surface area contributed by atoms with Gasteiger partial charge in [0.25, 0.3) is 0 Å². The first-order valence-corrected chi connectivity index (χ1v) is 8.22. The smallest absolute Gasteiger partial charge is 0.0359 e. The van der Waals surface area contributed by atoms with Crippen molar-refractivity contribution in [3.63, 3.8) is 0 Å². The summed E-state index contributed by atoms with van der Waals surface area (Å²) in [4.78, 5) is 2.55. The zero-order chi connectivity index (χ0) is 14.4. The Labute approximate surface area is 124 Å². The highest BCUT2D eigenvalue weighted by molar-refractivity contribution is 5.07. The van der Waals surface area contributed by atoms with Crippen molar-refractivity contribution < 1.29 is 0 Å². The van der Waals surface area contributed by atoms with E-state index in [1.54, 1.807) is 0 Å². The first-order chi connectivity index (χ1) is 9.66. The number of piperidine rings is 1. The lowest BCUT2D eigenvalue weighted by Crippen LogP contribution is -2.36. The van der Waals surface area contributed by atoms with Gasteiger partial charge in [-0.1, -0.05) is 20.3 Å². The number of rotatable bonds is 7. The molecule has 2 rings (SSSR count). The van der Waals surface area contributed by atoms with E-state index in [-0.39, 0.29) is 0 Å². The van der Waals surface area contributed by atoms with Gasteiger partial charge >= 0.3 is 0 Å². The van der Waals surface area contributed by atoms with E-state index in [0.717, 1.165) is 25.7 Å². The molecule has 0 saturated carbocycles. The van der Waals surface area contributed by atoms with Crippen molar-refractivity contribution >= 4 is 0 Å². The van der Waals surface area contributed by atoms with Gasteiger partial charge in [-0.05, 0) is 57.5 Å². The molecule has 1 fully saturated rings. The van der Waals surface area contributed by atoms with E-state index >= 15 is 0 Å². The molecule has 0 spiro atoms. The van der Waals surface area contributed by atoms with Gasteiger partial charge < -0.3 is 14.8 Å². The summed E-state index contributed by atoms with van der Waals surface area (Å²) in [5, 5.41) is 3.54. The monoisotopic (exact) mass is 277 g/mol. The molecule has 0 bridgehead atoms. The summed E-state index contributed by atoms with van der Waals surface area (Å²) < 4.78 is 2.43. The van der Waals surface area contributed by atoms with Crippen molar-refractivity contribution in [3.05, 3.63) is 24.0 Å². The van der Waals surface area contributed by atoms with Crippen LogP contribution in [0.3, 0.4) is 0 Å². The zero-order valence-corrected chi connectivity index (χ0v) is 13.4. The molecule has 1 aromatic rings. The standard InChI is InChI=1S/C17H31N3/c1-15(2)13-18-14-17-8-6-11-20(17)12-9-16-7-4-5-10-19(16)3/h6,8,11,15-16,18H,4-5,7,9-10,12-14H2,1-3H3. The number of likely N-dealkylation sites (tertiary alicyclic amines) is 1. The lowest BCUT2D eigenvalue weighted by atomic mass is 10.0. The van der Waals surface area contributed by atoms with Gasteiger partial charge in [0.2, 0.25) is 0 Å². The Morgan fingerprint density at radius 1 is 1.35 bits per heavy atom. The second kappa shape index (κ2) is 7.84. The Balaban J connectivity index is 1.79. The minimum atomic E-state index is 0.717. The SMILES string of the molecule is CC(C)CNCc1cccn1CCC1CCCCN1C. The van der Waals surface area contributed by atoms with Gasteiger partial charge in [-0.25, -0.2) is 0 Å². The zero-order valence-electron chi connectivity index (χ0n) is 13.4. The fourth-order valence-corrected chi connectivity index (χ4v) is 3.11. The van der Waals surface area contributed by atoms with Crippen LogP contribution in [-0.4, -0.2) is 35.6 Å². The van der Waals surface area contributed by atoms with Crippen molar-refractivity contribution in [2.24, 2.45) is 5.92 Å². The van der Waals surface area contributed by atoms with Crippen LogP contribution in [0, 0.1) is 5.92 Å². The highest BCUT2D eigenvalue weighted by atomic mass is 15.1. The van der Waals surface area contributed by atoms with Crippen LogP contribution in [-0.2, 0) is 13.1 Å². The number of nitrogens with one attached hydrogen (secondary N) is 1. The molecule has 114 valence electrons. The van der Waals surface area contributed by atoms with Crippen LogP contribution in [0.4, 0.5) is 0 Å². The summed E-state index contributed by atoms with van der Waals surface area (Å²) in [6, 6.07) is 5.21. The fraction of sp³-hybridized carbons (Fsp3) is 0.765. The second-order valence-corrected chi connectivity index (χ2v) is 6.64. The first-order valence-electron chi connectivity index (χ1n) is 8.22. The Kier molecular flexibility index (Phi) is 6.11. The fourth-order valence-electron chi connectivity index (χ4n) is 3.11. The van der Waals surface area contributed by atoms with Crippen LogP contribution in [0.2, 0.25) is 0 Å². The largest absolute Gasteiger partial charge is 0.350 e. The third kappa shape index (κ3) is 4.64. The van der Waals surface area contributed by atoms with Crippen molar-refractivity contribution in [2.75, 3.05) is 20.1 Å². The minimum absolute atomic E-state index is 0.717. The normalized spacial score (nSPS) is 20.7. The molecule has 1 aliphatic rings. The Morgan fingerprint density at radius 2 is 2.20 bits per heavy atom. The molecule has 2 heterocycles. The van der Waals surface area contributed by atoms with Crippen LogP contribution >= 0.6 is 0 Å². The molecule has 0 amide bonds. The molecule has 1 atom stereocenters. The summed E-state index contributed by atoms with van der Waals surface area (Å²) in [5.41, 5.74) is 1.42. The number of aromatic nitrogens is 1. The van der Waals surface area contributed by atoms with E-state index < -0.39 is 0 Å². The van der Waals surface area contributed by atoms with Crippen LogP contribution < -0.4 is 5.32 Å². The van der Waals surface area contributed by atoms with Crippen molar-refractivity contribution in [3.8, 4) is 0 Å². The molecule has 0 aromatic carbocycles. The minimum Gasteiger partial charge on any atom is -0.350 e. The lowest BCUT2D eigenvalue weighted by Gasteiger charge is -2.32. The molecular formula is C17H31N3. The van der Waals surface area contributed by atoms with E-state index in [1.807, 2.05) is 0 Å². The predicted molar refractivity (Wildman–Crippen MR) is 85.9 cm³/mol. The molecule has 0 radical (unpaired) electrons. The lowest BCUT2D eigenvalue weighted by molar-refractivity contribution is 0.171. The van der Waals surface area contributed by atoms with Gasteiger partial charge in [0.1, 0.15) is 0 Å². The number of hydrogen-bond acceptors (Lipinski definition) is 2. The first kappa shape index (κ1) is 15.6. The number of nitrogens with zero attached hydrogens (tertiary/aromatic N) is 2. The van der Waals surface area contributed by atoms with Gasteiger partial charge in [0.15, 0.2) is 0 Å². The average Bonchev–Trinajstić information content (AvgIpc) is 2.85. The molecule has 3 nitrogen and oxygen atoms in total. The van der Waals surface area contributed by atoms with E-state index in [0.29, 0.717) is 5.92 Å². The van der Waals surface area contributed by atoms with Crippen LogP contribution in [0.25, 0.3) is 0 Å². The summed E-state index contributed by atoms with van der Waals surface area (Å²) in [5.74, 6) is 0.717. The number of hydrogen-bond donors (Lipinski definition) is 1. The third-order valence-electron chi connectivity index (χ3n) is 4.41. The maximum absolute atomic E-state index is 3.54. The maximum Gasteiger partial charge on any atom is 0.0359 e. The topological polar surface area (TPSA) is 20.2 Å². The van der Waals surface area contributed by atoms with Gasteiger partial charge in [-0.3, -0.25) is 0 Å². The molecule has 1 aliphatic heterocycles. The van der Waals surface area contributed by atoms with Crippen LogP contribution in [0.15, 0.2) is 18.3 Å². The quantitative estimate of drug-likeness (QED) is 0.826. The van der Waals surface area contributed by atoms with Gasteiger partial charge in [0, 0.05) is 31.0 Å². The Hall–Kier alpha value is -0.800. The summed E-state index contributed by atoms with van der Waals surface area (Å²) in [7, 11) is 2.28. The maximum atomic E-state index is 3.54. The molecule has 20 heavy (non-hydrogen) atoms. The van der Waals surface area contributed by atoms with Crippen LogP contribution in [0.5, 0.6) is 0 Å². The van der Waals surface area contributed by atoms with E-state index in [4.69, 9.17) is 0 Å². The van der Waals surface area contributed by atoms with Crippen LogP contribution in [0.1, 0.15) is 45.2 Å². The molecule has 0 aliphatic carbocycles. The van der Waals surface area contributed by atoms with Crippen molar-refractivity contribution in [1.82, 2.24) is 14.8 Å². The molecule has 1 N–H and O–H groups in total. The summed E-state index contributed by atoms with van der Waals surface area (Å²) >= 11 is 0. The Morgan fingerprint density at radius 3 is 2.95 bits per heavy atom. The van der Waals surface area contributed by atoms with Gasteiger partial charge in [-0.15, -0.1) is 0 Å². The van der Waals surface area contributed by atoms with Gasteiger partial charge in [0.05, 0.1) is 0 Å². The second-order valence-electron chi connectivity index (χ2n) is 6.64. The molecule has 1 aromatic heterocycles. The predicted octanol–water partition coefficient (Wildman–Crippen LogP) is 3.11. The summed E-state index contributed by atoms with van der Waals surface area (Å²) in [6.45, 7) is 9.03. The summed E-state index contributed by atoms with van der Waals surface area (Å²) in [6.07, 6.45) is 7.67. The van der Waals surface area contributed by atoms with Gasteiger partial charge in [-0.2, -0.15) is 0 Å².